The van der Waals surface area contributed by atoms with Crippen LogP contribution in [-0.4, -0.2) is 37.0 Å². The molecule has 0 saturated heterocycles. The molecule has 124 valence electrons. The number of likely N-dealkylation sites (N-methyl/N-ethyl adjacent to an activating group) is 1. The van der Waals surface area contributed by atoms with Crippen molar-refractivity contribution in [3.05, 3.63) is 29.8 Å². The van der Waals surface area contributed by atoms with E-state index < -0.39 is 27.4 Å². The van der Waals surface area contributed by atoms with Gasteiger partial charge in [0.15, 0.2) is 0 Å². The first kappa shape index (κ1) is 17.2. The normalized spacial score (nSPS) is 18.8. The van der Waals surface area contributed by atoms with Gasteiger partial charge < -0.3 is 5.11 Å². The molecule has 1 fully saturated rings. The fraction of sp³-hybridized carbons (Fsp3) is 0.571. The van der Waals surface area contributed by atoms with Crippen molar-refractivity contribution in [3.8, 4) is 0 Å². The topological polar surface area (TPSA) is 57.6 Å². The van der Waals surface area contributed by atoms with Crippen molar-refractivity contribution in [2.24, 2.45) is 0 Å². The number of hydrogen-bond donors (Lipinski definition) is 1. The molecule has 1 saturated carbocycles. The lowest BCUT2D eigenvalue weighted by atomic mass is 10.0. The Morgan fingerprint density at radius 3 is 2.14 bits per heavy atom. The van der Waals surface area contributed by atoms with E-state index in [2.05, 4.69) is 0 Å². The van der Waals surface area contributed by atoms with Crippen molar-refractivity contribution in [2.75, 3.05) is 13.6 Å². The number of hydrogen-bond acceptors (Lipinski definition) is 3. The first-order valence-electron chi connectivity index (χ1n) is 6.91. The molecule has 8 heteroatoms. The number of sulfonamides is 1. The highest BCUT2D eigenvalue weighted by Gasteiger charge is 2.36. The molecule has 0 aliphatic heterocycles. The summed E-state index contributed by atoms with van der Waals surface area (Å²) in [6.45, 7) is -0.0592. The molecule has 1 aliphatic carbocycles. The summed E-state index contributed by atoms with van der Waals surface area (Å²) in [6, 6.07) is 3.36. The average molecular weight is 337 g/mol. The van der Waals surface area contributed by atoms with Crippen LogP contribution in [0, 0.1) is 0 Å². The summed E-state index contributed by atoms with van der Waals surface area (Å²) in [5.74, 6) is 0. The van der Waals surface area contributed by atoms with Crippen molar-refractivity contribution in [3.63, 3.8) is 0 Å². The molecule has 4 nitrogen and oxygen atoms in total. The maximum atomic E-state index is 12.5. The molecule has 1 N–H and O–H groups in total. The van der Waals surface area contributed by atoms with Gasteiger partial charge in [0.2, 0.25) is 10.0 Å². The fourth-order valence-corrected chi connectivity index (χ4v) is 3.94. The van der Waals surface area contributed by atoms with Crippen molar-refractivity contribution >= 4 is 10.0 Å². The number of rotatable bonds is 4. The molecule has 0 aromatic heterocycles. The summed E-state index contributed by atoms with van der Waals surface area (Å²) in [4.78, 5) is -0.218. The molecule has 1 aromatic carbocycles. The van der Waals surface area contributed by atoms with Crippen molar-refractivity contribution in [1.82, 2.24) is 4.31 Å². The van der Waals surface area contributed by atoms with Crippen LogP contribution in [0.15, 0.2) is 29.2 Å². The predicted octanol–water partition coefficient (Wildman–Crippen LogP) is 2.63. The van der Waals surface area contributed by atoms with E-state index in [4.69, 9.17) is 0 Å². The van der Waals surface area contributed by atoms with Crippen LogP contribution in [0.5, 0.6) is 0 Å². The molecule has 0 atom stereocenters. The Labute approximate surface area is 127 Å². The number of benzene rings is 1. The van der Waals surface area contributed by atoms with Crippen LogP contribution in [0.1, 0.15) is 31.2 Å². The zero-order valence-corrected chi connectivity index (χ0v) is 12.9. The van der Waals surface area contributed by atoms with Gasteiger partial charge in [-0.3, -0.25) is 0 Å². The monoisotopic (exact) mass is 337 g/mol. The lowest BCUT2D eigenvalue weighted by Gasteiger charge is -2.28. The highest BCUT2D eigenvalue weighted by atomic mass is 32.2. The van der Waals surface area contributed by atoms with E-state index in [0.29, 0.717) is 12.8 Å². The Balaban J connectivity index is 2.19. The molecule has 0 bridgehead atoms. The maximum absolute atomic E-state index is 12.5. The van der Waals surface area contributed by atoms with Crippen LogP contribution in [0.2, 0.25) is 0 Å². The van der Waals surface area contributed by atoms with Crippen LogP contribution in [0.4, 0.5) is 13.2 Å². The van der Waals surface area contributed by atoms with Crippen molar-refractivity contribution < 1.29 is 26.7 Å². The summed E-state index contributed by atoms with van der Waals surface area (Å²) >= 11 is 0. The van der Waals surface area contributed by atoms with E-state index in [1.54, 1.807) is 0 Å². The second kappa shape index (κ2) is 5.82. The summed E-state index contributed by atoms with van der Waals surface area (Å²) in [5, 5.41) is 10.3. The number of aliphatic hydroxyl groups is 1. The fourth-order valence-electron chi connectivity index (χ4n) is 2.69. The molecule has 2 rings (SSSR count). The summed E-state index contributed by atoms with van der Waals surface area (Å²) in [6.07, 6.45) is -1.78. The second-order valence-corrected chi connectivity index (χ2v) is 7.76. The molecule has 1 aliphatic rings. The van der Waals surface area contributed by atoms with Gasteiger partial charge in [0.05, 0.1) is 16.1 Å². The Kier molecular flexibility index (Phi) is 4.56. The summed E-state index contributed by atoms with van der Waals surface area (Å²) < 4.78 is 63.2. The van der Waals surface area contributed by atoms with E-state index in [1.165, 1.54) is 7.05 Å². The highest BCUT2D eigenvalue weighted by Crippen LogP contribution is 2.32. The van der Waals surface area contributed by atoms with Gasteiger partial charge in [-0.1, -0.05) is 12.8 Å². The quantitative estimate of drug-likeness (QED) is 0.919. The smallest absolute Gasteiger partial charge is 0.389 e. The molecule has 0 spiro atoms. The zero-order chi connectivity index (χ0) is 16.6. The molecule has 0 unspecified atom stereocenters. The minimum absolute atomic E-state index is 0.0592. The number of nitrogens with zero attached hydrogens (tertiary/aromatic N) is 1. The van der Waals surface area contributed by atoms with Crippen LogP contribution in [0.25, 0.3) is 0 Å². The third-order valence-electron chi connectivity index (χ3n) is 3.94. The molecule has 1 aromatic rings. The lowest BCUT2D eigenvalue weighted by Crippen LogP contribution is -2.41. The van der Waals surface area contributed by atoms with E-state index in [1.807, 2.05) is 0 Å². The molecular weight excluding hydrogens is 319 g/mol. The molecule has 0 heterocycles. The molecule has 0 amide bonds. The molecule has 0 radical (unpaired) electrons. The average Bonchev–Trinajstić information content (AvgIpc) is 2.84. The Morgan fingerprint density at radius 2 is 1.68 bits per heavy atom. The van der Waals surface area contributed by atoms with E-state index in [9.17, 15) is 26.7 Å². The summed E-state index contributed by atoms with van der Waals surface area (Å²) in [7, 11) is -2.60. The SMILES string of the molecule is CN(CC1(O)CCCC1)S(=O)(=O)c1ccc(C(F)(F)F)cc1. The van der Waals surface area contributed by atoms with Gasteiger partial charge in [0.1, 0.15) is 0 Å². The van der Waals surface area contributed by atoms with Crippen LogP contribution >= 0.6 is 0 Å². The predicted molar refractivity (Wildman–Crippen MR) is 74.7 cm³/mol. The third-order valence-corrected chi connectivity index (χ3v) is 5.76. The van der Waals surface area contributed by atoms with Crippen LogP contribution in [0.3, 0.4) is 0 Å². The largest absolute Gasteiger partial charge is 0.416 e. The molecular formula is C14H18F3NO3S. The number of alkyl halides is 3. The van der Waals surface area contributed by atoms with Gasteiger partial charge in [0, 0.05) is 13.6 Å². The van der Waals surface area contributed by atoms with Gasteiger partial charge in [-0.15, -0.1) is 0 Å². The maximum Gasteiger partial charge on any atom is 0.416 e. The first-order chi connectivity index (χ1) is 10.0. The van der Waals surface area contributed by atoms with E-state index >= 15 is 0 Å². The van der Waals surface area contributed by atoms with Gasteiger partial charge in [-0.05, 0) is 37.1 Å². The minimum Gasteiger partial charge on any atom is -0.389 e. The minimum atomic E-state index is -4.51. The molecule has 22 heavy (non-hydrogen) atoms. The van der Waals surface area contributed by atoms with Crippen molar-refractivity contribution in [1.29, 1.82) is 0 Å². The van der Waals surface area contributed by atoms with Gasteiger partial charge >= 0.3 is 6.18 Å². The van der Waals surface area contributed by atoms with Gasteiger partial charge in [-0.2, -0.15) is 17.5 Å². The second-order valence-electron chi connectivity index (χ2n) is 5.71. The first-order valence-corrected chi connectivity index (χ1v) is 8.35. The Bertz CT molecular complexity index is 620. The van der Waals surface area contributed by atoms with E-state index in [-0.39, 0.29) is 11.4 Å². The van der Waals surface area contributed by atoms with Crippen LogP contribution in [-0.2, 0) is 16.2 Å². The van der Waals surface area contributed by atoms with E-state index in [0.717, 1.165) is 41.4 Å². The Morgan fingerprint density at radius 1 is 1.18 bits per heavy atom. The van der Waals surface area contributed by atoms with Gasteiger partial charge in [0.25, 0.3) is 0 Å². The summed E-state index contributed by atoms with van der Waals surface area (Å²) in [5.41, 5.74) is -1.95. The lowest BCUT2D eigenvalue weighted by molar-refractivity contribution is -0.137. The Hall–Kier alpha value is -1.12. The highest BCUT2D eigenvalue weighted by molar-refractivity contribution is 7.89. The van der Waals surface area contributed by atoms with Gasteiger partial charge in [-0.25, -0.2) is 8.42 Å². The zero-order valence-electron chi connectivity index (χ0n) is 12.1. The third kappa shape index (κ3) is 3.61. The number of halogens is 3. The van der Waals surface area contributed by atoms with Crippen molar-refractivity contribution in [2.45, 2.75) is 42.4 Å². The standard InChI is InChI=1S/C14H18F3NO3S/c1-18(10-13(19)8-2-3-9-13)22(20,21)12-6-4-11(5-7-12)14(15,16)17/h4-7,19H,2-3,8-10H2,1H3. The van der Waals surface area contributed by atoms with Crippen LogP contribution < -0.4 is 0 Å².